The summed E-state index contributed by atoms with van der Waals surface area (Å²) in [6, 6.07) is 8.47. The molecule has 1 heterocycles. The molecule has 7 rings (SSSR count). The summed E-state index contributed by atoms with van der Waals surface area (Å²) in [7, 11) is -3.67. The first kappa shape index (κ1) is 30.2. The van der Waals surface area contributed by atoms with E-state index in [0.29, 0.717) is 50.3 Å². The highest BCUT2D eigenvalue weighted by Crippen LogP contribution is 2.64. The van der Waals surface area contributed by atoms with E-state index in [-0.39, 0.29) is 13.2 Å². The van der Waals surface area contributed by atoms with Crippen LogP contribution in [0.15, 0.2) is 24.3 Å². The summed E-state index contributed by atoms with van der Waals surface area (Å²) < 4.78 is 38.6. The van der Waals surface area contributed by atoms with Crippen molar-refractivity contribution in [2.24, 2.45) is 23.7 Å². The third-order valence-electron chi connectivity index (χ3n) is 9.55. The number of rotatable bonds is 9. The van der Waals surface area contributed by atoms with E-state index in [2.05, 4.69) is 24.3 Å². The molecule has 10 nitrogen and oxygen atoms in total. The zero-order valence-corrected chi connectivity index (χ0v) is 24.3. The van der Waals surface area contributed by atoms with Gasteiger partial charge in [0.25, 0.3) is 10.1 Å². The lowest BCUT2D eigenvalue weighted by Crippen LogP contribution is -2.59. The molecule has 6 fully saturated rings. The number of nitrogens with zero attached hydrogens (tertiary/aromatic N) is 1. The molecule has 5 aliphatic carbocycles. The number of ether oxygens (including phenoxy) is 2. The average Bonchev–Trinajstić information content (AvgIpc) is 3.27. The molecule has 4 bridgehead atoms. The molecule has 1 aromatic rings. The predicted molar refractivity (Wildman–Crippen MR) is 147 cm³/mol. The summed E-state index contributed by atoms with van der Waals surface area (Å²) in [4.78, 5) is 14.3. The number of aliphatic hydroxyl groups excluding tert-OH is 2. The third kappa shape index (κ3) is 7.00. The van der Waals surface area contributed by atoms with Crippen molar-refractivity contribution in [1.29, 1.82) is 0 Å². The zero-order valence-electron chi connectivity index (χ0n) is 23.4. The first-order chi connectivity index (χ1) is 19.1. The van der Waals surface area contributed by atoms with Gasteiger partial charge in [-0.1, -0.05) is 12.1 Å². The highest BCUT2D eigenvalue weighted by molar-refractivity contribution is 7.85. The van der Waals surface area contributed by atoms with Crippen LogP contribution in [0.4, 0.5) is 0 Å². The molecule has 1 saturated heterocycles. The van der Waals surface area contributed by atoms with E-state index in [1.807, 2.05) is 4.90 Å². The van der Waals surface area contributed by atoms with Crippen LogP contribution in [0.5, 0.6) is 5.75 Å². The fourth-order valence-electron chi connectivity index (χ4n) is 7.93. The van der Waals surface area contributed by atoms with Gasteiger partial charge in [-0.2, -0.15) is 18.2 Å². The SMILES string of the molecule is CS(=O)(=O)O.OCCN(CCO)CCOc1ccc(C2CCC3(CC2)OOC2(O3)C3CC4CC(C3)CC2C4)cc1. The van der Waals surface area contributed by atoms with Crippen molar-refractivity contribution >= 4 is 10.1 Å². The Morgan fingerprint density at radius 3 is 1.98 bits per heavy atom. The number of hydrogen-bond acceptors (Lipinski definition) is 9. The molecule has 0 amide bonds. The minimum atomic E-state index is -3.67. The molecule has 6 aliphatic rings. The zero-order chi connectivity index (χ0) is 28.4. The second-order valence-corrected chi connectivity index (χ2v) is 13.9. The maximum Gasteiger partial charge on any atom is 0.261 e. The average molecular weight is 584 g/mol. The van der Waals surface area contributed by atoms with Crippen LogP contribution in [0.1, 0.15) is 69.3 Å². The Balaban J connectivity index is 0.000000595. The number of hydrogen-bond donors (Lipinski definition) is 3. The molecule has 5 saturated carbocycles. The van der Waals surface area contributed by atoms with Gasteiger partial charge in [0.15, 0.2) is 0 Å². The Hall–Kier alpha value is -1.31. The van der Waals surface area contributed by atoms with Gasteiger partial charge in [0.1, 0.15) is 12.4 Å². The third-order valence-corrected chi connectivity index (χ3v) is 9.55. The quantitative estimate of drug-likeness (QED) is 0.293. The molecule has 1 aliphatic heterocycles. The van der Waals surface area contributed by atoms with Gasteiger partial charge in [-0.15, -0.1) is 0 Å². The van der Waals surface area contributed by atoms with Gasteiger partial charge in [-0.3, -0.25) is 9.45 Å². The summed E-state index contributed by atoms with van der Waals surface area (Å²) in [5, 5.41) is 18.3. The molecule has 226 valence electrons. The predicted octanol–water partition coefficient (Wildman–Crippen LogP) is 3.34. The first-order valence-corrected chi connectivity index (χ1v) is 16.6. The second-order valence-electron chi connectivity index (χ2n) is 12.4. The summed E-state index contributed by atoms with van der Waals surface area (Å²) >= 11 is 0. The van der Waals surface area contributed by atoms with Crippen molar-refractivity contribution in [1.82, 2.24) is 4.90 Å². The Kier molecular flexibility index (Phi) is 9.43. The summed E-state index contributed by atoms with van der Waals surface area (Å²) in [5.41, 5.74) is 1.35. The van der Waals surface area contributed by atoms with E-state index in [4.69, 9.17) is 34.0 Å². The molecule has 11 heteroatoms. The molecule has 3 N–H and O–H groups in total. The van der Waals surface area contributed by atoms with Crippen LogP contribution in [0.2, 0.25) is 0 Å². The highest BCUT2D eigenvalue weighted by atomic mass is 32.2. The summed E-state index contributed by atoms with van der Waals surface area (Å²) in [5.74, 6) is 3.14. The van der Waals surface area contributed by atoms with E-state index in [1.165, 1.54) is 37.7 Å². The van der Waals surface area contributed by atoms with Gasteiger partial charge in [0.05, 0.1) is 19.5 Å². The Labute approximate surface area is 237 Å². The van der Waals surface area contributed by atoms with E-state index >= 15 is 0 Å². The van der Waals surface area contributed by atoms with E-state index < -0.39 is 21.7 Å². The largest absolute Gasteiger partial charge is 0.492 e. The topological polar surface area (TPSA) is 135 Å². The fraction of sp³-hybridized carbons (Fsp3) is 0.793. The lowest BCUT2D eigenvalue weighted by Gasteiger charge is -2.57. The molecule has 40 heavy (non-hydrogen) atoms. The van der Waals surface area contributed by atoms with Gasteiger partial charge in [-0.05, 0) is 80.4 Å². The Morgan fingerprint density at radius 2 is 1.45 bits per heavy atom. The maximum absolute atomic E-state index is 9.19. The monoisotopic (exact) mass is 583 g/mol. The van der Waals surface area contributed by atoms with Crippen LogP contribution >= 0.6 is 0 Å². The standard InChI is InChI=1S/C28H41NO6.CH4O3S/c30-12-9-29(10-13-31)11-14-32-26-3-1-22(2-4-26)23-5-7-27(8-6-23)33-28(35-34-27)24-16-20-15-21(18-24)19-25(28)17-20;1-5(2,3)4/h1-4,20-21,23-25,30-31H,5-19H2;1H3,(H,2,3,4). The van der Waals surface area contributed by atoms with Crippen LogP contribution in [-0.4, -0.2) is 85.4 Å². The summed E-state index contributed by atoms with van der Waals surface area (Å²) in [6.45, 7) is 2.48. The van der Waals surface area contributed by atoms with Crippen molar-refractivity contribution in [3.63, 3.8) is 0 Å². The second kappa shape index (κ2) is 12.5. The molecule has 0 aromatic heterocycles. The normalized spacial score (nSPS) is 36.3. The van der Waals surface area contributed by atoms with E-state index in [1.54, 1.807) is 0 Å². The molecule has 1 aromatic carbocycles. The summed E-state index contributed by atoms with van der Waals surface area (Å²) in [6.07, 6.45) is 11.0. The van der Waals surface area contributed by atoms with Crippen molar-refractivity contribution < 1.29 is 42.4 Å². The smallest absolute Gasteiger partial charge is 0.261 e. The maximum atomic E-state index is 9.19. The van der Waals surface area contributed by atoms with Crippen LogP contribution in [-0.2, 0) is 24.6 Å². The number of benzene rings is 1. The molecule has 2 spiro atoms. The van der Waals surface area contributed by atoms with Gasteiger partial charge < -0.3 is 19.7 Å². The molecule has 0 unspecified atom stereocenters. The lowest BCUT2D eigenvalue weighted by molar-refractivity contribution is -0.390. The van der Waals surface area contributed by atoms with Gasteiger partial charge in [0, 0.05) is 44.3 Å². The molecule has 0 atom stereocenters. The van der Waals surface area contributed by atoms with Crippen LogP contribution in [0.3, 0.4) is 0 Å². The van der Waals surface area contributed by atoms with Crippen molar-refractivity contribution in [3.05, 3.63) is 29.8 Å². The first-order valence-electron chi connectivity index (χ1n) is 14.8. The van der Waals surface area contributed by atoms with E-state index in [9.17, 15) is 8.42 Å². The number of aliphatic hydroxyl groups is 2. The molecular formula is C29H45NO9S. The van der Waals surface area contributed by atoms with Crippen molar-refractivity contribution in [2.45, 2.75) is 75.3 Å². The minimum absolute atomic E-state index is 0.0860. The van der Waals surface area contributed by atoms with Crippen LogP contribution in [0.25, 0.3) is 0 Å². The Morgan fingerprint density at radius 1 is 0.900 bits per heavy atom. The van der Waals surface area contributed by atoms with Crippen LogP contribution in [0, 0.1) is 23.7 Å². The van der Waals surface area contributed by atoms with E-state index in [0.717, 1.165) is 43.3 Å². The highest BCUT2D eigenvalue weighted by Gasteiger charge is 2.66. The Bertz CT molecular complexity index is 1030. The van der Waals surface area contributed by atoms with Crippen molar-refractivity contribution in [2.75, 3.05) is 45.7 Å². The van der Waals surface area contributed by atoms with Gasteiger partial charge in [-0.25, -0.2) is 0 Å². The molecule has 0 radical (unpaired) electrons. The van der Waals surface area contributed by atoms with Crippen LogP contribution < -0.4 is 4.74 Å². The van der Waals surface area contributed by atoms with Crippen molar-refractivity contribution in [3.8, 4) is 5.75 Å². The lowest BCUT2D eigenvalue weighted by atomic mass is 9.53. The van der Waals surface area contributed by atoms with Gasteiger partial charge >= 0.3 is 0 Å². The molecular weight excluding hydrogens is 538 g/mol. The minimum Gasteiger partial charge on any atom is -0.492 e. The van der Waals surface area contributed by atoms with Gasteiger partial charge in [0.2, 0.25) is 11.6 Å². The fourth-order valence-corrected chi connectivity index (χ4v) is 7.93.